The monoisotopic (exact) mass is 415 g/mol. The van der Waals surface area contributed by atoms with Gasteiger partial charge in [0.15, 0.2) is 0 Å². The lowest BCUT2D eigenvalue weighted by Crippen LogP contribution is -2.13. The van der Waals surface area contributed by atoms with Gasteiger partial charge in [-0.2, -0.15) is 0 Å². The molecular weight excluding hydrogens is 407 g/mol. The fraction of sp³-hybridized carbons (Fsp3) is 0.0556. The van der Waals surface area contributed by atoms with Crippen LogP contribution in [-0.4, -0.2) is 11.7 Å². The molecule has 0 fully saturated rings. The van der Waals surface area contributed by atoms with Gasteiger partial charge in [0.05, 0.1) is 29.1 Å². The summed E-state index contributed by atoms with van der Waals surface area (Å²) >= 11 is 18.3. The van der Waals surface area contributed by atoms with Crippen molar-refractivity contribution in [2.75, 3.05) is 7.11 Å². The molecule has 8 heteroatoms. The molecule has 134 valence electrons. The quantitative estimate of drug-likeness (QED) is 0.544. The average Bonchev–Trinajstić information content (AvgIpc) is 2.61. The van der Waals surface area contributed by atoms with Gasteiger partial charge >= 0.3 is 0 Å². The summed E-state index contributed by atoms with van der Waals surface area (Å²) in [6.45, 7) is 0. The third-order valence-electron chi connectivity index (χ3n) is 3.71. The molecule has 0 amide bonds. The fourth-order valence-corrected chi connectivity index (χ4v) is 3.27. The second-order valence-corrected chi connectivity index (χ2v) is 6.45. The minimum absolute atomic E-state index is 0.0134. The van der Waals surface area contributed by atoms with E-state index in [2.05, 4.69) is 0 Å². The highest BCUT2D eigenvalue weighted by atomic mass is 35.5. The van der Waals surface area contributed by atoms with E-state index < -0.39 is 27.6 Å². The fourth-order valence-electron chi connectivity index (χ4n) is 2.52. The summed E-state index contributed by atoms with van der Waals surface area (Å²) in [5, 5.41) is -0.368. The molecule has 0 unspecified atom stereocenters. The molecule has 0 saturated carbocycles. The number of hydrogen-bond donors (Lipinski definition) is 0. The predicted octanol–water partition coefficient (Wildman–Crippen LogP) is 5.75. The maximum absolute atomic E-state index is 14.6. The first kappa shape index (κ1) is 18.7. The van der Waals surface area contributed by atoms with Crippen LogP contribution in [0, 0.1) is 11.6 Å². The lowest BCUT2D eigenvalue weighted by Gasteiger charge is -2.18. The molecule has 3 rings (SSSR count). The Hall–Kier alpha value is -2.08. The van der Waals surface area contributed by atoms with Gasteiger partial charge in [-0.15, -0.1) is 0 Å². The van der Waals surface area contributed by atoms with Crippen LogP contribution in [0.15, 0.2) is 47.4 Å². The lowest BCUT2D eigenvalue weighted by atomic mass is 10.1. The number of para-hydroxylation sites is 1. The van der Waals surface area contributed by atoms with E-state index in [9.17, 15) is 13.6 Å². The van der Waals surface area contributed by atoms with E-state index in [4.69, 9.17) is 39.5 Å². The molecule has 0 radical (unpaired) electrons. The molecule has 2 aromatic carbocycles. The van der Waals surface area contributed by atoms with Crippen LogP contribution < -0.4 is 10.2 Å². The number of pyridine rings is 1. The van der Waals surface area contributed by atoms with Crippen molar-refractivity contribution >= 4 is 34.8 Å². The molecule has 26 heavy (non-hydrogen) atoms. The van der Waals surface area contributed by atoms with Crippen molar-refractivity contribution in [2.24, 2.45) is 0 Å². The van der Waals surface area contributed by atoms with Gasteiger partial charge in [0.25, 0.3) is 0 Å². The van der Waals surface area contributed by atoms with Crippen molar-refractivity contribution in [2.45, 2.75) is 0 Å². The van der Waals surface area contributed by atoms with Crippen LogP contribution in [0.1, 0.15) is 0 Å². The second-order valence-electron chi connectivity index (χ2n) is 5.26. The Morgan fingerprint density at radius 1 is 1.00 bits per heavy atom. The number of benzene rings is 2. The maximum Gasteiger partial charge on any atom is 0.219 e. The molecule has 0 aliphatic rings. The zero-order valence-corrected chi connectivity index (χ0v) is 15.5. The summed E-state index contributed by atoms with van der Waals surface area (Å²) in [7, 11) is 1.28. The Bertz CT molecular complexity index is 1040. The van der Waals surface area contributed by atoms with Crippen molar-refractivity contribution in [3.8, 4) is 22.7 Å². The zero-order chi connectivity index (χ0) is 19.0. The van der Waals surface area contributed by atoms with Gasteiger partial charge in [-0.1, -0.05) is 46.9 Å². The third kappa shape index (κ3) is 3.18. The molecule has 0 bridgehead atoms. The van der Waals surface area contributed by atoms with Crippen LogP contribution in [0.2, 0.25) is 15.1 Å². The topological polar surface area (TPSA) is 31.2 Å². The van der Waals surface area contributed by atoms with Crippen LogP contribution >= 0.6 is 34.8 Å². The van der Waals surface area contributed by atoms with Gasteiger partial charge in [0.1, 0.15) is 27.4 Å². The molecule has 0 saturated heterocycles. The first-order valence-electron chi connectivity index (χ1n) is 7.24. The van der Waals surface area contributed by atoms with Crippen molar-refractivity contribution in [3.05, 3.63) is 79.5 Å². The van der Waals surface area contributed by atoms with E-state index in [0.717, 1.165) is 12.1 Å². The van der Waals surface area contributed by atoms with Crippen LogP contribution in [0.3, 0.4) is 0 Å². The SMILES string of the molecule is COc1cc(F)c(-c2c(Cl)c(=O)c(Cl)cn2-c2ccccc2Cl)c(F)c1. The molecule has 1 aromatic heterocycles. The van der Waals surface area contributed by atoms with Gasteiger partial charge in [0.2, 0.25) is 5.43 Å². The zero-order valence-electron chi connectivity index (χ0n) is 13.2. The van der Waals surface area contributed by atoms with Crippen molar-refractivity contribution in [3.63, 3.8) is 0 Å². The highest BCUT2D eigenvalue weighted by Gasteiger charge is 2.23. The normalized spacial score (nSPS) is 10.8. The minimum Gasteiger partial charge on any atom is -0.497 e. The maximum atomic E-state index is 14.6. The molecular formula is C18H10Cl3F2NO2. The van der Waals surface area contributed by atoms with Crippen molar-refractivity contribution in [1.29, 1.82) is 0 Å². The van der Waals surface area contributed by atoms with E-state index in [-0.39, 0.29) is 21.5 Å². The van der Waals surface area contributed by atoms with E-state index in [1.807, 2.05) is 0 Å². The summed E-state index contributed by atoms with van der Waals surface area (Å²) in [6.07, 6.45) is 1.22. The standard InChI is InChI=1S/C18H10Cl3F2NO2/c1-26-9-6-12(22)15(13(23)7-9)17-16(21)18(25)11(20)8-24(17)14-5-3-2-4-10(14)19/h2-8H,1H3. The summed E-state index contributed by atoms with van der Waals surface area (Å²) < 4.78 is 35.4. The van der Waals surface area contributed by atoms with Crippen molar-refractivity contribution < 1.29 is 13.5 Å². The molecule has 3 aromatic rings. The molecule has 0 aliphatic carbocycles. The number of rotatable bonds is 3. The van der Waals surface area contributed by atoms with Gasteiger partial charge in [-0.3, -0.25) is 4.79 Å². The Morgan fingerprint density at radius 2 is 1.62 bits per heavy atom. The number of methoxy groups -OCH3 is 1. The summed E-state index contributed by atoms with van der Waals surface area (Å²) in [4.78, 5) is 12.2. The molecule has 0 aliphatic heterocycles. The number of hydrogen-bond acceptors (Lipinski definition) is 2. The Kier molecular flexibility index (Phi) is 5.23. The first-order valence-corrected chi connectivity index (χ1v) is 8.37. The number of ether oxygens (including phenoxy) is 1. The number of nitrogens with zero attached hydrogens (tertiary/aromatic N) is 1. The van der Waals surface area contributed by atoms with Crippen LogP contribution in [0.4, 0.5) is 8.78 Å². The highest BCUT2D eigenvalue weighted by molar-refractivity contribution is 6.36. The van der Waals surface area contributed by atoms with Gasteiger partial charge in [-0.25, -0.2) is 8.78 Å². The van der Waals surface area contributed by atoms with E-state index in [0.29, 0.717) is 5.69 Å². The van der Waals surface area contributed by atoms with Gasteiger partial charge < -0.3 is 9.30 Å². The lowest BCUT2D eigenvalue weighted by molar-refractivity contribution is 0.407. The Labute approximate surface area is 162 Å². The largest absolute Gasteiger partial charge is 0.497 e. The predicted molar refractivity (Wildman–Crippen MR) is 99.0 cm³/mol. The third-order valence-corrected chi connectivity index (χ3v) is 4.65. The minimum atomic E-state index is -0.953. The molecule has 1 heterocycles. The van der Waals surface area contributed by atoms with Gasteiger partial charge in [-0.05, 0) is 12.1 Å². The average molecular weight is 417 g/mol. The smallest absolute Gasteiger partial charge is 0.219 e. The second kappa shape index (κ2) is 7.27. The number of halogens is 5. The summed E-state index contributed by atoms with van der Waals surface area (Å²) in [5.41, 5.74) is -1.10. The van der Waals surface area contributed by atoms with Crippen LogP contribution in [0.25, 0.3) is 16.9 Å². The highest BCUT2D eigenvalue weighted by Crippen LogP contribution is 2.36. The van der Waals surface area contributed by atoms with E-state index in [1.54, 1.807) is 24.3 Å². The molecule has 0 N–H and O–H groups in total. The molecule has 3 nitrogen and oxygen atoms in total. The summed E-state index contributed by atoms with van der Waals surface area (Å²) in [6, 6.07) is 8.52. The molecule has 0 spiro atoms. The van der Waals surface area contributed by atoms with Crippen LogP contribution in [0.5, 0.6) is 5.75 Å². The van der Waals surface area contributed by atoms with E-state index >= 15 is 0 Å². The Morgan fingerprint density at radius 3 is 2.19 bits per heavy atom. The van der Waals surface area contributed by atoms with E-state index in [1.165, 1.54) is 17.9 Å². The van der Waals surface area contributed by atoms with Crippen LogP contribution in [-0.2, 0) is 0 Å². The first-order chi connectivity index (χ1) is 12.3. The molecule has 0 atom stereocenters. The summed E-state index contributed by atoms with van der Waals surface area (Å²) in [5.74, 6) is -1.92. The van der Waals surface area contributed by atoms with Crippen molar-refractivity contribution in [1.82, 2.24) is 4.57 Å². The van der Waals surface area contributed by atoms with Gasteiger partial charge in [0, 0.05) is 18.3 Å². The Balaban J connectivity index is 2.44. The number of aromatic nitrogens is 1.